The Morgan fingerprint density at radius 2 is 1.55 bits per heavy atom. The van der Waals surface area contributed by atoms with Crippen LogP contribution < -0.4 is 10.2 Å². The van der Waals surface area contributed by atoms with Crippen LogP contribution in [-0.4, -0.2) is 47.8 Å². The molecule has 0 bridgehead atoms. The van der Waals surface area contributed by atoms with Gasteiger partial charge in [0.05, 0.1) is 24.4 Å². The number of benzene rings is 3. The molecule has 3 aromatic carbocycles. The van der Waals surface area contributed by atoms with E-state index in [4.69, 9.17) is 4.74 Å². The second-order valence-corrected chi connectivity index (χ2v) is 8.05. The van der Waals surface area contributed by atoms with E-state index in [0.29, 0.717) is 16.8 Å². The Morgan fingerprint density at radius 3 is 2.24 bits per heavy atom. The van der Waals surface area contributed by atoms with Crippen LogP contribution in [0.15, 0.2) is 72.9 Å². The van der Waals surface area contributed by atoms with Gasteiger partial charge in [-0.1, -0.05) is 0 Å². The number of nitrogens with one attached hydrogen (secondary N) is 1. The molecule has 0 saturated carbocycles. The van der Waals surface area contributed by atoms with E-state index in [0.717, 1.165) is 48.6 Å². The van der Waals surface area contributed by atoms with E-state index < -0.39 is 0 Å². The van der Waals surface area contributed by atoms with Gasteiger partial charge in [-0.3, -0.25) is 9.59 Å². The predicted octanol–water partition coefficient (Wildman–Crippen LogP) is 4.32. The summed E-state index contributed by atoms with van der Waals surface area (Å²) in [6.07, 6.45) is 1.91. The summed E-state index contributed by atoms with van der Waals surface area (Å²) in [6, 6.07) is 20.6. The normalized spacial score (nSPS) is 13.8. The molecule has 1 aliphatic rings. The molecular weight excluding hydrogens is 416 g/mol. The van der Waals surface area contributed by atoms with Gasteiger partial charge in [0.25, 0.3) is 5.91 Å². The third-order valence-electron chi connectivity index (χ3n) is 5.81. The number of Topliss-reactive ketones (excluding diaryl/α,β-unsaturated/α-hetero) is 1. The fourth-order valence-corrected chi connectivity index (χ4v) is 3.93. The van der Waals surface area contributed by atoms with Crippen molar-refractivity contribution in [2.45, 2.75) is 6.92 Å². The van der Waals surface area contributed by atoms with Crippen molar-refractivity contribution in [1.29, 1.82) is 0 Å². The molecule has 0 atom stereocenters. The number of rotatable bonds is 5. The summed E-state index contributed by atoms with van der Waals surface area (Å²) < 4.78 is 7.16. The van der Waals surface area contributed by atoms with Crippen molar-refractivity contribution in [2.24, 2.45) is 0 Å². The van der Waals surface area contributed by atoms with Crippen LogP contribution in [0.5, 0.6) is 0 Å². The van der Waals surface area contributed by atoms with E-state index in [-0.39, 0.29) is 11.7 Å². The number of ether oxygens (including phenoxy) is 1. The highest BCUT2D eigenvalue weighted by atomic mass is 16.5. The van der Waals surface area contributed by atoms with Gasteiger partial charge in [-0.15, -0.1) is 0 Å². The standard InChI is InChI=1S/C26H24N4O3/c1-18(31)19-2-9-24(10-3-19)30-17-21-16-22(6-11-25(21)28-30)27-26(32)20-4-7-23(8-5-20)29-12-14-33-15-13-29/h2-11,16-17H,12-15H2,1H3,(H,27,32). The minimum absolute atomic E-state index is 0.0308. The van der Waals surface area contributed by atoms with Gasteiger partial charge in [-0.2, -0.15) is 5.10 Å². The zero-order chi connectivity index (χ0) is 22.8. The monoisotopic (exact) mass is 440 g/mol. The Bertz CT molecular complexity index is 1300. The molecule has 5 rings (SSSR count). The Labute approximate surface area is 191 Å². The average Bonchev–Trinajstić information content (AvgIpc) is 3.28. The maximum Gasteiger partial charge on any atom is 0.255 e. The SMILES string of the molecule is CC(=O)c1ccc(-n2cc3cc(NC(=O)c4ccc(N5CCOCC5)cc4)ccc3n2)cc1. The quantitative estimate of drug-likeness (QED) is 0.468. The summed E-state index contributed by atoms with van der Waals surface area (Å²) in [5, 5.41) is 8.48. The van der Waals surface area contributed by atoms with Gasteiger partial charge in [0.15, 0.2) is 5.78 Å². The number of nitrogens with zero attached hydrogens (tertiary/aromatic N) is 3. The molecule has 2 heterocycles. The van der Waals surface area contributed by atoms with Crippen molar-refractivity contribution >= 4 is 34.0 Å². The number of carbonyl (C=O) groups is 2. The number of carbonyl (C=O) groups excluding carboxylic acids is 2. The summed E-state index contributed by atoms with van der Waals surface area (Å²) in [6.45, 7) is 4.72. The Hall–Kier alpha value is -3.97. The molecule has 0 radical (unpaired) electrons. The molecule has 7 heteroatoms. The van der Waals surface area contributed by atoms with Crippen LogP contribution in [0, 0.1) is 0 Å². The van der Waals surface area contributed by atoms with Gasteiger partial charge in [-0.05, 0) is 73.7 Å². The van der Waals surface area contributed by atoms with E-state index in [2.05, 4.69) is 15.3 Å². The lowest BCUT2D eigenvalue weighted by molar-refractivity contribution is 0.101. The number of hydrogen-bond acceptors (Lipinski definition) is 5. The van der Waals surface area contributed by atoms with Gasteiger partial charge in [0.2, 0.25) is 0 Å². The summed E-state index contributed by atoms with van der Waals surface area (Å²) in [5.74, 6) is -0.126. The number of morpholine rings is 1. The number of aromatic nitrogens is 2. The van der Waals surface area contributed by atoms with Gasteiger partial charge in [0, 0.05) is 47.2 Å². The molecule has 1 N–H and O–H groups in total. The van der Waals surface area contributed by atoms with Gasteiger partial charge in [0.1, 0.15) is 0 Å². The van der Waals surface area contributed by atoms with Crippen molar-refractivity contribution in [3.63, 3.8) is 0 Å². The molecule has 1 saturated heterocycles. The zero-order valence-electron chi connectivity index (χ0n) is 18.3. The molecule has 1 amide bonds. The van der Waals surface area contributed by atoms with Crippen molar-refractivity contribution in [2.75, 3.05) is 36.5 Å². The van der Waals surface area contributed by atoms with E-state index in [9.17, 15) is 9.59 Å². The predicted molar refractivity (Wildman–Crippen MR) is 129 cm³/mol. The first-order valence-electron chi connectivity index (χ1n) is 10.9. The molecule has 7 nitrogen and oxygen atoms in total. The minimum atomic E-state index is -0.157. The van der Waals surface area contributed by atoms with Crippen LogP contribution in [0.2, 0.25) is 0 Å². The molecule has 1 aliphatic heterocycles. The molecule has 1 aromatic heterocycles. The Balaban J connectivity index is 1.30. The topological polar surface area (TPSA) is 76.5 Å². The first kappa shape index (κ1) is 20.9. The maximum atomic E-state index is 12.8. The number of anilines is 2. The van der Waals surface area contributed by atoms with Crippen molar-refractivity contribution in [1.82, 2.24) is 9.78 Å². The maximum absolute atomic E-state index is 12.8. The minimum Gasteiger partial charge on any atom is -0.378 e. The second kappa shape index (κ2) is 8.88. The first-order chi connectivity index (χ1) is 16.1. The third kappa shape index (κ3) is 4.49. The van der Waals surface area contributed by atoms with Crippen LogP contribution in [0.1, 0.15) is 27.6 Å². The average molecular weight is 441 g/mol. The lowest BCUT2D eigenvalue weighted by atomic mass is 10.1. The molecule has 4 aromatic rings. The van der Waals surface area contributed by atoms with Crippen LogP contribution >= 0.6 is 0 Å². The van der Waals surface area contributed by atoms with E-state index in [1.807, 2.05) is 60.8 Å². The lowest BCUT2D eigenvalue weighted by Crippen LogP contribution is -2.36. The van der Waals surface area contributed by atoms with Crippen molar-refractivity contribution in [3.8, 4) is 5.69 Å². The van der Waals surface area contributed by atoms with Crippen LogP contribution in [0.3, 0.4) is 0 Å². The van der Waals surface area contributed by atoms with Crippen LogP contribution in [0.4, 0.5) is 11.4 Å². The fourth-order valence-electron chi connectivity index (χ4n) is 3.93. The smallest absolute Gasteiger partial charge is 0.255 e. The number of amides is 1. The van der Waals surface area contributed by atoms with Gasteiger partial charge >= 0.3 is 0 Å². The van der Waals surface area contributed by atoms with Gasteiger partial charge < -0.3 is 15.0 Å². The second-order valence-electron chi connectivity index (χ2n) is 8.05. The molecule has 0 spiro atoms. The van der Waals surface area contributed by atoms with E-state index in [1.54, 1.807) is 23.7 Å². The lowest BCUT2D eigenvalue weighted by Gasteiger charge is -2.28. The molecule has 1 fully saturated rings. The van der Waals surface area contributed by atoms with E-state index >= 15 is 0 Å². The Morgan fingerprint density at radius 1 is 0.879 bits per heavy atom. The molecule has 33 heavy (non-hydrogen) atoms. The third-order valence-corrected chi connectivity index (χ3v) is 5.81. The molecule has 166 valence electrons. The largest absolute Gasteiger partial charge is 0.378 e. The summed E-state index contributed by atoms with van der Waals surface area (Å²) >= 11 is 0. The molecule has 0 unspecified atom stereocenters. The molecule has 0 aliphatic carbocycles. The number of hydrogen-bond donors (Lipinski definition) is 1. The summed E-state index contributed by atoms with van der Waals surface area (Å²) in [4.78, 5) is 26.5. The van der Waals surface area contributed by atoms with E-state index in [1.165, 1.54) is 0 Å². The van der Waals surface area contributed by atoms with Gasteiger partial charge in [-0.25, -0.2) is 4.68 Å². The van der Waals surface area contributed by atoms with Crippen molar-refractivity contribution < 1.29 is 14.3 Å². The summed E-state index contributed by atoms with van der Waals surface area (Å²) in [7, 11) is 0. The van der Waals surface area contributed by atoms with Crippen LogP contribution in [0.25, 0.3) is 16.6 Å². The highest BCUT2D eigenvalue weighted by molar-refractivity contribution is 6.05. The number of fused-ring (bicyclic) bond motifs is 1. The summed E-state index contributed by atoms with van der Waals surface area (Å²) in [5.41, 5.74) is 4.75. The molecular formula is C26H24N4O3. The highest BCUT2D eigenvalue weighted by Gasteiger charge is 2.13. The highest BCUT2D eigenvalue weighted by Crippen LogP contribution is 2.22. The van der Waals surface area contributed by atoms with Crippen molar-refractivity contribution in [3.05, 3.63) is 84.1 Å². The number of ketones is 1. The fraction of sp³-hybridized carbons (Fsp3) is 0.192. The Kier molecular flexibility index (Phi) is 5.62. The van der Waals surface area contributed by atoms with Crippen LogP contribution in [-0.2, 0) is 4.74 Å². The first-order valence-corrected chi connectivity index (χ1v) is 10.9. The zero-order valence-corrected chi connectivity index (χ0v) is 18.3.